The third kappa shape index (κ3) is 2.98. The van der Waals surface area contributed by atoms with Crippen LogP contribution in [-0.4, -0.2) is 25.9 Å². The molecule has 0 fully saturated rings. The van der Waals surface area contributed by atoms with Gasteiger partial charge in [-0.25, -0.2) is 4.98 Å². The lowest BCUT2D eigenvalue weighted by atomic mass is 10.2. The molecule has 0 spiro atoms. The Labute approximate surface area is 137 Å². The quantitative estimate of drug-likeness (QED) is 0.722. The van der Waals surface area contributed by atoms with Crippen LogP contribution >= 0.6 is 22.9 Å². The highest BCUT2D eigenvalue weighted by atomic mass is 35.5. The Kier molecular flexibility index (Phi) is 4.13. The number of aryl methyl sites for hydroxylation is 1. The molecule has 0 radical (unpaired) electrons. The smallest absolute Gasteiger partial charge is 0.166 e. The Balaban J connectivity index is 1.91. The molecule has 0 amide bonds. The summed E-state index contributed by atoms with van der Waals surface area (Å²) in [6.45, 7) is 3.93. The molecule has 0 aliphatic heterocycles. The van der Waals surface area contributed by atoms with Crippen molar-refractivity contribution in [2.75, 3.05) is 0 Å². The number of rotatable bonds is 4. The highest BCUT2D eigenvalue weighted by molar-refractivity contribution is 7.17. The molecule has 3 aromatic rings. The Morgan fingerprint density at radius 2 is 2.00 bits per heavy atom. The fraction of sp³-hybridized carbons (Fsp3) is 0.267. The molecule has 114 valence electrons. The van der Waals surface area contributed by atoms with Crippen LogP contribution in [0.4, 0.5) is 0 Å². The summed E-state index contributed by atoms with van der Waals surface area (Å²) >= 11 is 7.78. The number of aromatic nitrogens is 4. The van der Waals surface area contributed by atoms with Crippen LogP contribution in [0, 0.1) is 0 Å². The van der Waals surface area contributed by atoms with Crippen LogP contribution in [-0.2, 0) is 7.05 Å². The molecular weight excluding hydrogens is 320 g/mol. The van der Waals surface area contributed by atoms with Crippen LogP contribution in [0.3, 0.4) is 0 Å². The van der Waals surface area contributed by atoms with Gasteiger partial charge in [-0.05, 0) is 32.0 Å². The summed E-state index contributed by atoms with van der Waals surface area (Å²) in [7, 11) is 1.93. The van der Waals surface area contributed by atoms with E-state index in [4.69, 9.17) is 16.3 Å². The minimum atomic E-state index is 0.0846. The minimum Gasteiger partial charge on any atom is -0.489 e. The lowest BCUT2D eigenvalue weighted by Gasteiger charge is -2.11. The molecule has 0 aliphatic carbocycles. The van der Waals surface area contributed by atoms with E-state index in [9.17, 15) is 0 Å². The van der Waals surface area contributed by atoms with Gasteiger partial charge in [-0.3, -0.25) is 0 Å². The maximum atomic E-state index is 6.27. The minimum absolute atomic E-state index is 0.0846. The summed E-state index contributed by atoms with van der Waals surface area (Å²) in [5.74, 6) is 0.678. The molecule has 7 heteroatoms. The standard InChI is InChI=1S/C15H15ClN4OS/c1-9(2)21-13-5-4-10(6-11(13)16)14-18-19-15(22-14)12-7-17-8-20(12)3/h4-9H,1-3H3. The molecule has 0 aliphatic rings. The molecule has 2 heterocycles. The average molecular weight is 335 g/mol. The second kappa shape index (κ2) is 6.06. The molecule has 0 N–H and O–H groups in total. The first-order valence-electron chi connectivity index (χ1n) is 6.81. The number of hydrogen-bond acceptors (Lipinski definition) is 5. The first-order chi connectivity index (χ1) is 10.5. The van der Waals surface area contributed by atoms with E-state index in [-0.39, 0.29) is 6.10 Å². The molecule has 0 atom stereocenters. The molecule has 0 bridgehead atoms. The summed E-state index contributed by atoms with van der Waals surface area (Å²) < 4.78 is 7.55. The normalized spacial score (nSPS) is 11.1. The third-order valence-corrected chi connectivity index (χ3v) is 4.29. The fourth-order valence-corrected chi connectivity index (χ4v) is 3.11. The maximum absolute atomic E-state index is 6.27. The molecule has 0 saturated heterocycles. The molecule has 2 aromatic heterocycles. The molecule has 1 aromatic carbocycles. The largest absolute Gasteiger partial charge is 0.489 e. The Bertz CT molecular complexity index is 796. The summed E-state index contributed by atoms with van der Waals surface area (Å²) in [5, 5.41) is 10.7. The lowest BCUT2D eigenvalue weighted by molar-refractivity contribution is 0.242. The second-order valence-electron chi connectivity index (χ2n) is 5.11. The van der Waals surface area contributed by atoms with Crippen molar-refractivity contribution < 1.29 is 4.74 Å². The van der Waals surface area contributed by atoms with E-state index < -0.39 is 0 Å². The predicted molar refractivity (Wildman–Crippen MR) is 88.3 cm³/mol. The number of ether oxygens (including phenoxy) is 1. The van der Waals surface area contributed by atoms with Crippen LogP contribution in [0.2, 0.25) is 5.02 Å². The van der Waals surface area contributed by atoms with E-state index in [0.717, 1.165) is 21.3 Å². The van der Waals surface area contributed by atoms with Gasteiger partial charge in [0.2, 0.25) is 0 Å². The average Bonchev–Trinajstić information content (AvgIpc) is 3.09. The van der Waals surface area contributed by atoms with Gasteiger partial charge in [-0.2, -0.15) is 0 Å². The fourth-order valence-electron chi connectivity index (χ4n) is 1.99. The Morgan fingerprint density at radius 1 is 1.23 bits per heavy atom. The monoisotopic (exact) mass is 334 g/mol. The van der Waals surface area contributed by atoms with Crippen LogP contribution in [0.25, 0.3) is 21.3 Å². The Morgan fingerprint density at radius 3 is 2.64 bits per heavy atom. The first-order valence-corrected chi connectivity index (χ1v) is 8.01. The number of imidazole rings is 1. The molecule has 0 saturated carbocycles. The number of benzene rings is 1. The van der Waals surface area contributed by atoms with Gasteiger partial charge in [0.25, 0.3) is 0 Å². The highest BCUT2D eigenvalue weighted by Gasteiger charge is 2.13. The molecular formula is C15H15ClN4OS. The summed E-state index contributed by atoms with van der Waals surface area (Å²) in [4.78, 5) is 4.10. The third-order valence-electron chi connectivity index (χ3n) is 3.00. The maximum Gasteiger partial charge on any atom is 0.166 e. The van der Waals surface area contributed by atoms with E-state index in [2.05, 4.69) is 15.2 Å². The molecule has 5 nitrogen and oxygen atoms in total. The summed E-state index contributed by atoms with van der Waals surface area (Å²) in [6.07, 6.45) is 3.60. The van der Waals surface area contributed by atoms with Crippen molar-refractivity contribution in [2.24, 2.45) is 7.05 Å². The first kappa shape index (κ1) is 15.0. The van der Waals surface area contributed by atoms with Crippen molar-refractivity contribution in [2.45, 2.75) is 20.0 Å². The van der Waals surface area contributed by atoms with Crippen molar-refractivity contribution >= 4 is 22.9 Å². The molecule has 0 unspecified atom stereocenters. The van der Waals surface area contributed by atoms with E-state index in [1.54, 1.807) is 12.5 Å². The van der Waals surface area contributed by atoms with Crippen molar-refractivity contribution in [3.05, 3.63) is 35.7 Å². The molecule has 3 rings (SSSR count). The molecule has 22 heavy (non-hydrogen) atoms. The van der Waals surface area contributed by atoms with Crippen LogP contribution < -0.4 is 4.74 Å². The van der Waals surface area contributed by atoms with Gasteiger partial charge in [0.05, 0.1) is 29.3 Å². The van der Waals surface area contributed by atoms with Crippen molar-refractivity contribution in [3.63, 3.8) is 0 Å². The predicted octanol–water partition coefficient (Wildman–Crippen LogP) is 4.05. The lowest BCUT2D eigenvalue weighted by Crippen LogP contribution is -2.05. The van der Waals surface area contributed by atoms with Gasteiger partial charge >= 0.3 is 0 Å². The van der Waals surface area contributed by atoms with Gasteiger partial charge in [0, 0.05) is 12.6 Å². The van der Waals surface area contributed by atoms with Crippen molar-refractivity contribution in [1.29, 1.82) is 0 Å². The van der Waals surface area contributed by atoms with E-state index in [0.29, 0.717) is 10.8 Å². The summed E-state index contributed by atoms with van der Waals surface area (Å²) in [5.41, 5.74) is 1.86. The zero-order valence-corrected chi connectivity index (χ0v) is 14.0. The number of halogens is 1. The van der Waals surface area contributed by atoms with Crippen LogP contribution in [0.5, 0.6) is 5.75 Å². The van der Waals surface area contributed by atoms with Crippen LogP contribution in [0.15, 0.2) is 30.7 Å². The van der Waals surface area contributed by atoms with Gasteiger partial charge in [-0.15, -0.1) is 10.2 Å². The van der Waals surface area contributed by atoms with E-state index >= 15 is 0 Å². The zero-order valence-electron chi connectivity index (χ0n) is 12.4. The Hall–Kier alpha value is -1.92. The van der Waals surface area contributed by atoms with Gasteiger partial charge < -0.3 is 9.30 Å². The van der Waals surface area contributed by atoms with Gasteiger partial charge in [0.1, 0.15) is 10.8 Å². The van der Waals surface area contributed by atoms with Gasteiger partial charge in [0.15, 0.2) is 5.01 Å². The highest BCUT2D eigenvalue weighted by Crippen LogP contribution is 2.34. The zero-order chi connectivity index (χ0) is 15.7. The second-order valence-corrected chi connectivity index (χ2v) is 6.50. The SMILES string of the molecule is CC(C)Oc1ccc(-c2nnc(-c3cncn3C)s2)cc1Cl. The van der Waals surface area contributed by atoms with Gasteiger partial charge in [-0.1, -0.05) is 22.9 Å². The van der Waals surface area contributed by atoms with E-state index in [1.807, 2.05) is 43.7 Å². The topological polar surface area (TPSA) is 52.8 Å². The van der Waals surface area contributed by atoms with E-state index in [1.165, 1.54) is 11.3 Å². The number of nitrogens with zero attached hydrogens (tertiary/aromatic N) is 4. The van der Waals surface area contributed by atoms with Crippen LogP contribution in [0.1, 0.15) is 13.8 Å². The van der Waals surface area contributed by atoms with Crippen molar-refractivity contribution in [3.8, 4) is 27.0 Å². The summed E-state index contributed by atoms with van der Waals surface area (Å²) in [6, 6.07) is 5.66. The van der Waals surface area contributed by atoms with Crippen molar-refractivity contribution in [1.82, 2.24) is 19.7 Å². The number of hydrogen-bond donors (Lipinski definition) is 0.